The minimum absolute atomic E-state index is 0. The number of rotatable bonds is 4. The first-order valence-electron chi connectivity index (χ1n) is 2.88. The Kier molecular flexibility index (Phi) is 15.6. The van der Waals surface area contributed by atoms with Crippen molar-refractivity contribution in [1.29, 1.82) is 0 Å². The molecule has 58 valence electrons. The summed E-state index contributed by atoms with van der Waals surface area (Å²) in [6.45, 7) is 0. The Hall–Kier alpha value is 3.59. The standard InChI is InChI=1S/5Al.H2NS2.2N.H2S.7H/c;;;;;2-1-3;;;;;;;;;;/h;;;;;2-3H;;;1H2;;;;;;;/q;;;2*+1;-1;;;;;;;;;;/p-1. The first kappa shape index (κ1) is 17.0. The Morgan fingerprint density at radius 3 is 1.91 bits per heavy atom. The van der Waals surface area contributed by atoms with Crippen molar-refractivity contribution in [3.8, 4) is 0 Å². The third-order valence-electron chi connectivity index (χ3n) is 0.809. The average molecular weight is 283 g/mol. The summed E-state index contributed by atoms with van der Waals surface area (Å²) in [6, 6.07) is 0. The van der Waals surface area contributed by atoms with E-state index in [1.165, 1.54) is 33.0 Å². The van der Waals surface area contributed by atoms with E-state index in [-0.39, 0.29) is 44.8 Å². The molecular weight excluding hydrogens is 273 g/mol. The van der Waals surface area contributed by atoms with Crippen LogP contribution in [0.4, 0.5) is 0 Å². The fraction of sp³-hybridized carbons (Fsp3) is 0. The summed E-state index contributed by atoms with van der Waals surface area (Å²) in [5, 5.41) is 0. The molecule has 0 aliphatic carbocycles. The number of hydrogen-bond donors (Lipinski definition) is 2. The first-order valence-corrected chi connectivity index (χ1v) is 8.63. The Morgan fingerprint density at radius 2 is 1.64 bits per heavy atom. The van der Waals surface area contributed by atoms with Crippen molar-refractivity contribution in [3.63, 3.8) is 0 Å². The Balaban J connectivity index is 0. The van der Waals surface area contributed by atoms with Gasteiger partial charge in [0, 0.05) is 0 Å². The number of hydrogen-bond acceptors (Lipinski definition) is 6. The Bertz CT molecular complexity index is 79.0. The van der Waals surface area contributed by atoms with Crippen LogP contribution in [0.2, 0.25) is 0 Å². The minimum Gasteiger partial charge on any atom is -0.813 e. The number of thiol groups is 3. The van der Waals surface area contributed by atoms with Gasteiger partial charge >= 0.3 is 113 Å². The topological polar surface area (TPSA) is 9.72 Å². The summed E-state index contributed by atoms with van der Waals surface area (Å²) in [4.78, 5) is 0. The van der Waals surface area contributed by atoms with E-state index in [0.29, 0.717) is 0 Å². The molecule has 0 aromatic heterocycles. The molecule has 3 nitrogen and oxygen atoms in total. The predicted molar refractivity (Wildman–Crippen MR) is 70.8 cm³/mol. The van der Waals surface area contributed by atoms with Gasteiger partial charge in [0.2, 0.25) is 0 Å². The Labute approximate surface area is 124 Å². The fourth-order valence-electron chi connectivity index (χ4n) is 0.624. The van der Waals surface area contributed by atoms with Gasteiger partial charge in [-0.3, -0.25) is 0 Å². The van der Waals surface area contributed by atoms with Crippen LogP contribution in [0.1, 0.15) is 0 Å². The molecule has 0 aliphatic heterocycles. The molecule has 0 amide bonds. The van der Waals surface area contributed by atoms with Crippen LogP contribution in [0, 0.1) is 0 Å². The third-order valence-corrected chi connectivity index (χ3v) is 7.28. The Morgan fingerprint density at radius 1 is 1.18 bits per heavy atom. The van der Waals surface area contributed by atoms with E-state index in [9.17, 15) is 0 Å². The van der Waals surface area contributed by atoms with E-state index >= 15 is 0 Å². The molecule has 0 bridgehead atoms. The first-order chi connectivity index (χ1) is 4.52. The minimum atomic E-state index is -0.300. The molecule has 0 aromatic rings. The maximum atomic E-state index is 4.11. The summed E-state index contributed by atoms with van der Waals surface area (Å²) in [5.74, 6) is 0. The van der Waals surface area contributed by atoms with E-state index < -0.39 is 0 Å². The van der Waals surface area contributed by atoms with E-state index in [1.54, 1.807) is 2.69 Å². The largest absolute Gasteiger partial charge is 0.813 e. The zero-order valence-corrected chi connectivity index (χ0v) is 17.7. The van der Waals surface area contributed by atoms with Crippen molar-refractivity contribution in [2.75, 3.05) is 0 Å². The molecule has 0 unspecified atom stereocenters. The smallest absolute Gasteiger partial charge is 0.813 e. The van der Waals surface area contributed by atoms with Gasteiger partial charge in [-0.05, 0) is 0 Å². The van der Waals surface area contributed by atoms with Gasteiger partial charge in [0.05, 0.1) is 0 Å². The summed E-state index contributed by atoms with van der Waals surface area (Å²) >= 11 is 12.3. The van der Waals surface area contributed by atoms with Gasteiger partial charge < -0.3 is 13.5 Å². The summed E-state index contributed by atoms with van der Waals surface area (Å²) in [5.41, 5.74) is 0. The number of nitrogens with zero attached hydrogens (tertiary/aromatic N) is 3. The van der Waals surface area contributed by atoms with Crippen LogP contribution in [0.3, 0.4) is 0 Å². The van der Waals surface area contributed by atoms with Gasteiger partial charge in [-0.1, -0.05) is 0 Å². The maximum absolute atomic E-state index is 4.11. The van der Waals surface area contributed by atoms with Crippen LogP contribution in [0.15, 0.2) is 0 Å². The molecule has 0 saturated heterocycles. The molecule has 0 aromatic carbocycles. The van der Waals surface area contributed by atoms with Crippen LogP contribution < -0.4 is 0 Å². The second-order valence-corrected chi connectivity index (χ2v) is 20.0. The second kappa shape index (κ2) is 10.1. The predicted octanol–water partition coefficient (Wildman–Crippen LogP) is -4.24. The molecule has 0 radical (unpaired) electrons. The molecule has 0 N–H and O–H groups in total. The van der Waals surface area contributed by atoms with Crippen molar-refractivity contribution < 1.29 is 0 Å². The van der Waals surface area contributed by atoms with Gasteiger partial charge in [-0.2, -0.15) is 0 Å². The van der Waals surface area contributed by atoms with Crippen LogP contribution in [0.25, 0.3) is 0 Å². The van der Waals surface area contributed by atoms with E-state index in [2.05, 4.69) is 29.3 Å². The second-order valence-electron chi connectivity index (χ2n) is 2.41. The molecule has 0 heterocycles. The van der Waals surface area contributed by atoms with Crippen molar-refractivity contribution in [2.24, 2.45) is 0 Å². The fourth-order valence-corrected chi connectivity index (χ4v) is 16.0. The normalized spacial score (nSPS) is 9.82. The van der Waals surface area contributed by atoms with Gasteiger partial charge in [0.25, 0.3) is 0 Å². The molecule has 0 spiro atoms. The molecule has 0 rings (SSSR count). The van der Waals surface area contributed by atoms with Gasteiger partial charge in [0.15, 0.2) is 0 Å². The molecular formula is H10Al5N3S3. The molecule has 11 heteroatoms. The van der Waals surface area contributed by atoms with Gasteiger partial charge in [-0.25, -0.2) is 0 Å². The third kappa shape index (κ3) is 13.6. The molecule has 0 aliphatic rings. The SMILES string of the molecule is [AlH+][N]([AlH][N]([AlH2])[AlH2])[AlH][N](S)S.[SH-]. The molecule has 11 heavy (non-hydrogen) atoms. The van der Waals surface area contributed by atoms with Crippen LogP contribution >= 0.6 is 25.6 Å². The van der Waals surface area contributed by atoms with E-state index in [1.807, 2.05) is 16.5 Å². The van der Waals surface area contributed by atoms with Gasteiger partial charge in [-0.15, -0.1) is 0 Å². The van der Waals surface area contributed by atoms with E-state index in [0.717, 1.165) is 0 Å². The zero-order chi connectivity index (χ0) is 8.15. The average Bonchev–Trinajstić information content (AvgIpc) is 1.58. The quantitative estimate of drug-likeness (QED) is 0.307. The van der Waals surface area contributed by atoms with Gasteiger partial charge in [0.1, 0.15) is 0 Å². The van der Waals surface area contributed by atoms with Crippen LogP contribution in [0.5, 0.6) is 0 Å². The van der Waals surface area contributed by atoms with Crippen LogP contribution in [-0.4, -0.2) is 87.2 Å². The molecule has 0 fully saturated rings. The molecule has 0 atom stereocenters. The molecule has 0 saturated carbocycles. The van der Waals surface area contributed by atoms with Crippen LogP contribution in [-0.2, 0) is 13.5 Å². The summed E-state index contributed by atoms with van der Waals surface area (Å²) < 4.78 is 6.78. The van der Waals surface area contributed by atoms with E-state index in [4.69, 9.17) is 0 Å². The zero-order valence-electron chi connectivity index (χ0n) is 6.80. The van der Waals surface area contributed by atoms with Crippen molar-refractivity contribution in [2.45, 2.75) is 0 Å². The summed E-state index contributed by atoms with van der Waals surface area (Å²) in [6.07, 6.45) is 0. The maximum Gasteiger partial charge on any atom is -0.813 e. The summed E-state index contributed by atoms with van der Waals surface area (Å²) in [7, 11) is 0. The monoisotopic (exact) mass is 283 g/mol. The van der Waals surface area contributed by atoms with Crippen molar-refractivity contribution in [1.82, 2.24) is 6.40 Å². The van der Waals surface area contributed by atoms with Crippen molar-refractivity contribution in [3.05, 3.63) is 0 Å². The van der Waals surface area contributed by atoms with Crippen molar-refractivity contribution >= 4 is 120 Å².